The summed E-state index contributed by atoms with van der Waals surface area (Å²) < 4.78 is 6.86. The lowest BCUT2D eigenvalue weighted by Gasteiger charge is -2.14. The molecule has 2 aromatic carbocycles. The van der Waals surface area contributed by atoms with Gasteiger partial charge in [0.15, 0.2) is 0 Å². The van der Waals surface area contributed by atoms with Gasteiger partial charge < -0.3 is 9.84 Å². The van der Waals surface area contributed by atoms with Crippen LogP contribution in [0.4, 0.5) is 0 Å². The van der Waals surface area contributed by atoms with Crippen molar-refractivity contribution < 1.29 is 9.84 Å². The highest BCUT2D eigenvalue weighted by Gasteiger charge is 2.10. The molecule has 112 valence electrons. The molecule has 0 bridgehead atoms. The zero-order valence-electron chi connectivity index (χ0n) is 12.9. The predicted molar refractivity (Wildman–Crippen MR) is 90.1 cm³/mol. The Morgan fingerprint density at radius 3 is 2.33 bits per heavy atom. The van der Waals surface area contributed by atoms with E-state index in [1.165, 1.54) is 5.56 Å². The van der Waals surface area contributed by atoms with Crippen LogP contribution in [0.3, 0.4) is 0 Å². The third kappa shape index (κ3) is 3.86. The molecule has 0 saturated heterocycles. The lowest BCUT2D eigenvalue weighted by Crippen LogP contribution is -1.95. The monoisotopic (exact) mass is 348 g/mol. The Kier molecular flexibility index (Phi) is 5.07. The van der Waals surface area contributed by atoms with Crippen molar-refractivity contribution in [1.82, 2.24) is 0 Å². The van der Waals surface area contributed by atoms with Crippen LogP contribution in [0, 0.1) is 6.92 Å². The Balaban J connectivity index is 2.30. The molecule has 0 spiro atoms. The molecular formula is C18H21BrO2. The average molecular weight is 349 g/mol. The Bertz CT molecular complexity index is 633. The minimum Gasteiger partial charge on any atom is -0.457 e. The third-order valence-electron chi connectivity index (χ3n) is 3.53. The lowest BCUT2D eigenvalue weighted by atomic mass is 10.0. The van der Waals surface area contributed by atoms with Crippen molar-refractivity contribution in [1.29, 1.82) is 0 Å². The quantitative estimate of drug-likeness (QED) is 0.764. The zero-order valence-corrected chi connectivity index (χ0v) is 14.4. The standard InChI is InChI=1S/C18H21BrO2/c1-11(2)14-6-5-12(3)18(9-14)21-15-7-8-16(13(4)20)17(19)10-15/h5-11,13,20H,1-4H3. The molecule has 2 aromatic rings. The van der Waals surface area contributed by atoms with Crippen molar-refractivity contribution in [3.63, 3.8) is 0 Å². The Labute approximate surface area is 134 Å². The fourth-order valence-corrected chi connectivity index (χ4v) is 2.81. The van der Waals surface area contributed by atoms with Gasteiger partial charge in [-0.25, -0.2) is 0 Å². The van der Waals surface area contributed by atoms with Gasteiger partial charge in [-0.1, -0.05) is 48.0 Å². The van der Waals surface area contributed by atoms with E-state index in [4.69, 9.17) is 4.74 Å². The molecule has 1 atom stereocenters. The molecule has 0 saturated carbocycles. The maximum atomic E-state index is 9.66. The average Bonchev–Trinajstić information content (AvgIpc) is 2.40. The van der Waals surface area contributed by atoms with Gasteiger partial charge in [-0.3, -0.25) is 0 Å². The summed E-state index contributed by atoms with van der Waals surface area (Å²) in [4.78, 5) is 0. The lowest BCUT2D eigenvalue weighted by molar-refractivity contribution is 0.198. The highest BCUT2D eigenvalue weighted by Crippen LogP contribution is 2.32. The van der Waals surface area contributed by atoms with Crippen LogP contribution in [0.15, 0.2) is 40.9 Å². The van der Waals surface area contributed by atoms with Crippen molar-refractivity contribution in [3.8, 4) is 11.5 Å². The van der Waals surface area contributed by atoms with Crippen LogP contribution in [0.25, 0.3) is 0 Å². The molecule has 0 aromatic heterocycles. The SMILES string of the molecule is Cc1ccc(C(C)C)cc1Oc1ccc(C(C)O)c(Br)c1. The van der Waals surface area contributed by atoms with Crippen molar-refractivity contribution >= 4 is 15.9 Å². The van der Waals surface area contributed by atoms with Crippen LogP contribution in [0.5, 0.6) is 11.5 Å². The summed E-state index contributed by atoms with van der Waals surface area (Å²) in [7, 11) is 0. The minimum absolute atomic E-state index is 0.470. The first kappa shape index (κ1) is 16.1. The normalized spacial score (nSPS) is 12.5. The molecule has 1 N–H and O–H groups in total. The second-order valence-electron chi connectivity index (χ2n) is 5.64. The van der Waals surface area contributed by atoms with Crippen LogP contribution in [0.2, 0.25) is 0 Å². The van der Waals surface area contributed by atoms with E-state index < -0.39 is 6.10 Å². The Morgan fingerprint density at radius 2 is 1.76 bits per heavy atom. The second-order valence-corrected chi connectivity index (χ2v) is 6.50. The highest BCUT2D eigenvalue weighted by molar-refractivity contribution is 9.10. The van der Waals surface area contributed by atoms with Crippen LogP contribution < -0.4 is 4.74 Å². The first-order chi connectivity index (χ1) is 9.88. The molecule has 2 nitrogen and oxygen atoms in total. The van der Waals surface area contributed by atoms with Gasteiger partial charge in [-0.05, 0) is 54.7 Å². The number of hydrogen-bond acceptors (Lipinski definition) is 2. The van der Waals surface area contributed by atoms with Crippen molar-refractivity contribution in [2.45, 2.75) is 39.7 Å². The van der Waals surface area contributed by atoms with E-state index in [1.54, 1.807) is 6.92 Å². The zero-order chi connectivity index (χ0) is 15.6. The molecule has 21 heavy (non-hydrogen) atoms. The summed E-state index contributed by atoms with van der Waals surface area (Å²) in [6.45, 7) is 8.13. The number of aryl methyl sites for hydroxylation is 1. The molecular weight excluding hydrogens is 328 g/mol. The highest BCUT2D eigenvalue weighted by atomic mass is 79.9. The van der Waals surface area contributed by atoms with Gasteiger partial charge in [-0.15, -0.1) is 0 Å². The van der Waals surface area contributed by atoms with E-state index >= 15 is 0 Å². The molecule has 3 heteroatoms. The summed E-state index contributed by atoms with van der Waals surface area (Å²) in [5.74, 6) is 2.10. The van der Waals surface area contributed by atoms with Gasteiger partial charge in [-0.2, -0.15) is 0 Å². The summed E-state index contributed by atoms with van der Waals surface area (Å²) in [6.07, 6.45) is -0.501. The van der Waals surface area contributed by atoms with E-state index in [2.05, 4.69) is 48.0 Å². The fourth-order valence-electron chi connectivity index (χ4n) is 2.12. The van der Waals surface area contributed by atoms with E-state index in [9.17, 15) is 5.11 Å². The van der Waals surface area contributed by atoms with Crippen LogP contribution in [-0.4, -0.2) is 5.11 Å². The summed E-state index contributed by atoms with van der Waals surface area (Å²) in [5, 5.41) is 9.66. The van der Waals surface area contributed by atoms with E-state index in [0.717, 1.165) is 27.1 Å². The maximum Gasteiger partial charge on any atom is 0.130 e. The van der Waals surface area contributed by atoms with Crippen LogP contribution >= 0.6 is 15.9 Å². The van der Waals surface area contributed by atoms with Crippen LogP contribution in [-0.2, 0) is 0 Å². The third-order valence-corrected chi connectivity index (χ3v) is 4.22. The van der Waals surface area contributed by atoms with E-state index in [1.807, 2.05) is 25.1 Å². The molecule has 0 aliphatic rings. The predicted octanol–water partition coefficient (Wildman–Crippen LogP) is 5.73. The van der Waals surface area contributed by atoms with Gasteiger partial charge in [0.25, 0.3) is 0 Å². The first-order valence-corrected chi connectivity index (χ1v) is 7.93. The minimum atomic E-state index is -0.501. The van der Waals surface area contributed by atoms with Crippen molar-refractivity contribution in [2.24, 2.45) is 0 Å². The molecule has 0 amide bonds. The summed E-state index contributed by atoms with van der Waals surface area (Å²) in [6, 6.07) is 12.0. The second kappa shape index (κ2) is 6.63. The van der Waals surface area contributed by atoms with E-state index in [-0.39, 0.29) is 0 Å². The Hall–Kier alpha value is -1.32. The molecule has 0 aliphatic carbocycles. The summed E-state index contributed by atoms with van der Waals surface area (Å²) in [5.41, 5.74) is 3.22. The van der Waals surface area contributed by atoms with Gasteiger partial charge in [0, 0.05) is 4.47 Å². The smallest absolute Gasteiger partial charge is 0.130 e. The molecule has 0 heterocycles. The molecule has 0 fully saturated rings. The van der Waals surface area contributed by atoms with Crippen molar-refractivity contribution in [2.75, 3.05) is 0 Å². The van der Waals surface area contributed by atoms with Gasteiger partial charge in [0.1, 0.15) is 11.5 Å². The number of aliphatic hydroxyl groups is 1. The topological polar surface area (TPSA) is 29.5 Å². The summed E-state index contributed by atoms with van der Waals surface area (Å²) >= 11 is 3.48. The molecule has 0 radical (unpaired) electrons. The number of rotatable bonds is 4. The molecule has 2 rings (SSSR count). The van der Waals surface area contributed by atoms with Gasteiger partial charge in [0.05, 0.1) is 6.10 Å². The van der Waals surface area contributed by atoms with Gasteiger partial charge >= 0.3 is 0 Å². The Morgan fingerprint density at radius 1 is 1.05 bits per heavy atom. The first-order valence-electron chi connectivity index (χ1n) is 7.14. The molecule has 0 aliphatic heterocycles. The number of aliphatic hydroxyl groups excluding tert-OH is 1. The van der Waals surface area contributed by atoms with E-state index in [0.29, 0.717) is 5.92 Å². The van der Waals surface area contributed by atoms with Gasteiger partial charge in [0.2, 0.25) is 0 Å². The largest absolute Gasteiger partial charge is 0.457 e. The number of halogens is 1. The molecule has 1 unspecified atom stereocenters. The number of benzene rings is 2. The number of ether oxygens (including phenoxy) is 1. The van der Waals surface area contributed by atoms with Crippen LogP contribution in [0.1, 0.15) is 49.5 Å². The fraction of sp³-hybridized carbons (Fsp3) is 0.333. The number of hydrogen-bond donors (Lipinski definition) is 1. The maximum absolute atomic E-state index is 9.66. The van der Waals surface area contributed by atoms with Crippen molar-refractivity contribution in [3.05, 3.63) is 57.6 Å².